The lowest BCUT2D eigenvalue weighted by Gasteiger charge is -2.13. The molecule has 0 bridgehead atoms. The number of ether oxygens (including phenoxy) is 2. The third kappa shape index (κ3) is 1.25. The van der Waals surface area contributed by atoms with Crippen molar-refractivity contribution in [2.75, 3.05) is 19.8 Å². The van der Waals surface area contributed by atoms with Gasteiger partial charge in [-0.25, -0.2) is 0 Å². The van der Waals surface area contributed by atoms with Crippen LogP contribution in [0.5, 0.6) is 11.5 Å². The normalized spacial score (nSPS) is 14.8. The van der Waals surface area contributed by atoms with Gasteiger partial charge in [0, 0.05) is 6.54 Å². The summed E-state index contributed by atoms with van der Waals surface area (Å²) in [4.78, 5) is 0. The van der Waals surface area contributed by atoms with Crippen molar-refractivity contribution in [2.45, 2.75) is 6.54 Å². The van der Waals surface area contributed by atoms with Crippen molar-refractivity contribution in [3.8, 4) is 11.5 Å². The molecule has 1 aromatic rings. The first-order valence-electron chi connectivity index (χ1n) is 3.96. The lowest BCUT2D eigenvalue weighted by molar-refractivity contribution is 0.173. The molecule has 2 heterocycles. The van der Waals surface area contributed by atoms with Crippen LogP contribution in [-0.4, -0.2) is 29.5 Å². The average molecular weight is 169 g/mol. The van der Waals surface area contributed by atoms with Gasteiger partial charge >= 0.3 is 0 Å². The second-order valence-electron chi connectivity index (χ2n) is 2.65. The van der Waals surface area contributed by atoms with Gasteiger partial charge in [0.15, 0.2) is 11.5 Å². The van der Waals surface area contributed by atoms with E-state index in [0.29, 0.717) is 19.8 Å². The molecule has 1 N–H and O–H groups in total. The monoisotopic (exact) mass is 169 g/mol. The fraction of sp³-hybridized carbons (Fsp3) is 0.500. The van der Waals surface area contributed by atoms with Crippen LogP contribution >= 0.6 is 0 Å². The lowest BCUT2D eigenvalue weighted by Crippen LogP contribution is -2.13. The molecular formula is C8H11NO3. The van der Waals surface area contributed by atoms with E-state index >= 15 is 0 Å². The number of rotatable bonds is 2. The second-order valence-corrected chi connectivity index (χ2v) is 2.65. The minimum atomic E-state index is 0.133. The first kappa shape index (κ1) is 7.49. The molecule has 4 nitrogen and oxygen atoms in total. The van der Waals surface area contributed by atoms with Crippen molar-refractivity contribution in [3.05, 3.63) is 12.4 Å². The fourth-order valence-electron chi connectivity index (χ4n) is 1.23. The lowest BCUT2D eigenvalue weighted by atomic mass is 10.5. The summed E-state index contributed by atoms with van der Waals surface area (Å²) in [6.07, 6.45) is 3.68. The molecule has 1 aliphatic heterocycles. The van der Waals surface area contributed by atoms with Crippen molar-refractivity contribution < 1.29 is 14.6 Å². The van der Waals surface area contributed by atoms with Crippen molar-refractivity contribution in [1.82, 2.24) is 4.57 Å². The molecule has 1 aliphatic rings. The van der Waals surface area contributed by atoms with Crippen LogP contribution in [-0.2, 0) is 6.54 Å². The first-order chi connectivity index (χ1) is 5.90. The molecule has 1 aromatic heterocycles. The standard InChI is InChI=1S/C8H11NO3/c10-2-1-9-5-7-8(6-9)12-4-3-11-7/h5-6,10H,1-4H2. The molecule has 0 amide bonds. The smallest absolute Gasteiger partial charge is 0.179 e. The number of hydrogen-bond acceptors (Lipinski definition) is 3. The molecule has 0 atom stereocenters. The molecule has 66 valence electrons. The number of hydrogen-bond donors (Lipinski definition) is 1. The van der Waals surface area contributed by atoms with Gasteiger partial charge in [-0.2, -0.15) is 0 Å². The summed E-state index contributed by atoms with van der Waals surface area (Å²) < 4.78 is 12.5. The minimum absolute atomic E-state index is 0.133. The summed E-state index contributed by atoms with van der Waals surface area (Å²) in [5.41, 5.74) is 0. The van der Waals surface area contributed by atoms with Gasteiger partial charge in [0.25, 0.3) is 0 Å². The predicted octanol–water partition coefficient (Wildman–Crippen LogP) is 0.252. The maximum atomic E-state index is 8.68. The Balaban J connectivity index is 2.20. The largest absolute Gasteiger partial charge is 0.485 e. The van der Waals surface area contributed by atoms with Gasteiger partial charge in [0.05, 0.1) is 19.0 Å². The van der Waals surface area contributed by atoms with Crippen LogP contribution < -0.4 is 9.47 Å². The molecule has 2 rings (SSSR count). The zero-order valence-electron chi connectivity index (χ0n) is 6.69. The number of nitrogens with zero attached hydrogens (tertiary/aromatic N) is 1. The van der Waals surface area contributed by atoms with Crippen molar-refractivity contribution >= 4 is 0 Å². The SMILES string of the molecule is OCCn1cc2c(c1)OCCO2. The topological polar surface area (TPSA) is 43.6 Å². The fourth-order valence-corrected chi connectivity index (χ4v) is 1.23. The Morgan fingerprint density at radius 3 is 2.33 bits per heavy atom. The summed E-state index contributed by atoms with van der Waals surface area (Å²) in [6.45, 7) is 1.93. The molecule has 0 saturated heterocycles. The zero-order chi connectivity index (χ0) is 8.39. The summed E-state index contributed by atoms with van der Waals surface area (Å²) in [5, 5.41) is 8.68. The number of fused-ring (bicyclic) bond motifs is 1. The third-order valence-corrected chi connectivity index (χ3v) is 1.77. The van der Waals surface area contributed by atoms with Crippen molar-refractivity contribution in [2.24, 2.45) is 0 Å². The summed E-state index contributed by atoms with van der Waals surface area (Å²) in [5.74, 6) is 1.55. The zero-order valence-corrected chi connectivity index (χ0v) is 6.69. The predicted molar refractivity (Wildman–Crippen MR) is 42.5 cm³/mol. The van der Waals surface area contributed by atoms with E-state index in [1.54, 1.807) is 0 Å². The Labute approximate surface area is 70.3 Å². The summed E-state index contributed by atoms with van der Waals surface area (Å²) in [7, 11) is 0. The van der Waals surface area contributed by atoms with Gasteiger partial charge in [-0.15, -0.1) is 0 Å². The Kier molecular flexibility index (Phi) is 1.91. The summed E-state index contributed by atoms with van der Waals surface area (Å²) >= 11 is 0. The Morgan fingerprint density at radius 1 is 1.25 bits per heavy atom. The minimum Gasteiger partial charge on any atom is -0.485 e. The number of aromatic nitrogens is 1. The van der Waals surface area contributed by atoms with Gasteiger partial charge < -0.3 is 19.1 Å². The molecule has 12 heavy (non-hydrogen) atoms. The van der Waals surface area contributed by atoms with Crippen LogP contribution in [0.2, 0.25) is 0 Å². The summed E-state index contributed by atoms with van der Waals surface area (Å²) in [6, 6.07) is 0. The number of aliphatic hydroxyl groups excluding tert-OH is 1. The average Bonchev–Trinajstić information content (AvgIpc) is 2.47. The van der Waals surface area contributed by atoms with Crippen LogP contribution in [0.3, 0.4) is 0 Å². The van der Waals surface area contributed by atoms with E-state index in [4.69, 9.17) is 14.6 Å². The number of aliphatic hydroxyl groups is 1. The van der Waals surface area contributed by atoms with E-state index in [1.165, 1.54) is 0 Å². The maximum absolute atomic E-state index is 8.68. The molecule has 0 saturated carbocycles. The highest BCUT2D eigenvalue weighted by atomic mass is 16.6. The highest BCUT2D eigenvalue weighted by Gasteiger charge is 2.13. The van der Waals surface area contributed by atoms with Crippen LogP contribution in [0, 0.1) is 0 Å². The Hall–Kier alpha value is -1.16. The van der Waals surface area contributed by atoms with Crippen LogP contribution in [0.25, 0.3) is 0 Å². The maximum Gasteiger partial charge on any atom is 0.179 e. The molecule has 0 unspecified atom stereocenters. The molecule has 0 aliphatic carbocycles. The third-order valence-electron chi connectivity index (χ3n) is 1.77. The van der Waals surface area contributed by atoms with Crippen molar-refractivity contribution in [3.63, 3.8) is 0 Å². The van der Waals surface area contributed by atoms with E-state index in [9.17, 15) is 0 Å². The Morgan fingerprint density at radius 2 is 1.83 bits per heavy atom. The first-order valence-corrected chi connectivity index (χ1v) is 3.96. The van der Waals surface area contributed by atoms with Gasteiger partial charge in [0.2, 0.25) is 0 Å². The van der Waals surface area contributed by atoms with Crippen LogP contribution in [0.4, 0.5) is 0 Å². The van der Waals surface area contributed by atoms with E-state index in [-0.39, 0.29) is 6.61 Å². The van der Waals surface area contributed by atoms with Crippen LogP contribution in [0.1, 0.15) is 0 Å². The molecule has 0 radical (unpaired) electrons. The van der Waals surface area contributed by atoms with Gasteiger partial charge in [-0.1, -0.05) is 0 Å². The molecule has 4 heteroatoms. The quantitative estimate of drug-likeness (QED) is 0.690. The van der Waals surface area contributed by atoms with Crippen molar-refractivity contribution in [1.29, 1.82) is 0 Å². The van der Waals surface area contributed by atoms with Gasteiger partial charge in [0.1, 0.15) is 13.2 Å². The molecule has 0 spiro atoms. The van der Waals surface area contributed by atoms with E-state index in [0.717, 1.165) is 11.5 Å². The van der Waals surface area contributed by atoms with E-state index < -0.39 is 0 Å². The van der Waals surface area contributed by atoms with Gasteiger partial charge in [-0.05, 0) is 0 Å². The second kappa shape index (κ2) is 3.06. The van der Waals surface area contributed by atoms with E-state index in [2.05, 4.69) is 0 Å². The molecule has 0 aromatic carbocycles. The highest BCUT2D eigenvalue weighted by Crippen LogP contribution is 2.30. The molecular weight excluding hydrogens is 158 g/mol. The van der Waals surface area contributed by atoms with Crippen LogP contribution in [0.15, 0.2) is 12.4 Å². The van der Waals surface area contributed by atoms with Gasteiger partial charge in [-0.3, -0.25) is 0 Å². The highest BCUT2D eigenvalue weighted by molar-refractivity contribution is 5.38. The van der Waals surface area contributed by atoms with E-state index in [1.807, 2.05) is 17.0 Å². The Bertz CT molecular complexity index is 246. The molecule has 0 fully saturated rings.